The number of hydrogen-bond donors (Lipinski definition) is 0. The predicted octanol–water partition coefficient (Wildman–Crippen LogP) is 1.67. The van der Waals surface area contributed by atoms with Crippen molar-refractivity contribution in [2.24, 2.45) is 0 Å². The maximum absolute atomic E-state index is 12.5. The molecule has 3 rings (SSSR count). The fraction of sp³-hybridized carbons (Fsp3) is 0.316. The zero-order valence-corrected chi connectivity index (χ0v) is 13.8. The summed E-state index contributed by atoms with van der Waals surface area (Å²) in [5.41, 5.74) is 3.49. The van der Waals surface area contributed by atoms with Crippen molar-refractivity contribution < 1.29 is 9.59 Å². The van der Waals surface area contributed by atoms with Gasteiger partial charge in [-0.05, 0) is 41.7 Å². The van der Waals surface area contributed by atoms with Crippen LogP contribution in [0, 0.1) is 0 Å². The minimum absolute atomic E-state index is 0.415. The van der Waals surface area contributed by atoms with Crippen molar-refractivity contribution in [2.75, 3.05) is 20.1 Å². The summed E-state index contributed by atoms with van der Waals surface area (Å²) < 4.78 is 0. The Bertz CT molecular complexity index is 730. The number of hydrogen-bond acceptors (Lipinski definition) is 3. The van der Waals surface area contributed by atoms with E-state index in [-0.39, 0.29) is 0 Å². The lowest BCUT2D eigenvalue weighted by Gasteiger charge is -2.29. The van der Waals surface area contributed by atoms with Gasteiger partial charge in [0.25, 0.3) is 0 Å². The average molecular weight is 323 g/mol. The van der Waals surface area contributed by atoms with Crippen LogP contribution in [-0.4, -0.2) is 46.7 Å². The zero-order valence-electron chi connectivity index (χ0n) is 13.8. The lowest BCUT2D eigenvalue weighted by Crippen LogP contribution is -2.46. The monoisotopic (exact) mass is 323 g/mol. The third-order valence-electron chi connectivity index (χ3n) is 4.43. The Hall–Kier alpha value is -2.69. The van der Waals surface area contributed by atoms with Gasteiger partial charge in [0, 0.05) is 39.1 Å². The molecule has 0 saturated carbocycles. The van der Waals surface area contributed by atoms with Gasteiger partial charge in [0.15, 0.2) is 0 Å². The number of fused-ring (bicyclic) bond motifs is 1. The molecule has 1 aliphatic rings. The van der Waals surface area contributed by atoms with Gasteiger partial charge < -0.3 is 9.80 Å². The minimum Gasteiger partial charge on any atom is -0.337 e. The molecular weight excluding hydrogens is 302 g/mol. The maximum atomic E-state index is 12.5. The van der Waals surface area contributed by atoms with E-state index in [1.807, 2.05) is 30.3 Å². The summed E-state index contributed by atoms with van der Waals surface area (Å²) in [6.07, 6.45) is 4.97. The summed E-state index contributed by atoms with van der Waals surface area (Å²) in [6.45, 7) is 1.62. The number of benzene rings is 1. The lowest BCUT2D eigenvalue weighted by molar-refractivity contribution is -0.151. The molecule has 1 aromatic carbocycles. The molecule has 5 nitrogen and oxygen atoms in total. The second-order valence-corrected chi connectivity index (χ2v) is 6.08. The van der Waals surface area contributed by atoms with Gasteiger partial charge in [-0.3, -0.25) is 14.6 Å². The van der Waals surface area contributed by atoms with Crippen LogP contribution in [0.4, 0.5) is 0 Å². The molecule has 2 heterocycles. The normalized spacial score (nSPS) is 13.3. The summed E-state index contributed by atoms with van der Waals surface area (Å²) in [5, 5.41) is 0. The van der Waals surface area contributed by atoms with Crippen molar-refractivity contribution >= 4 is 11.8 Å². The van der Waals surface area contributed by atoms with Crippen LogP contribution in [0.25, 0.3) is 0 Å². The highest BCUT2D eigenvalue weighted by molar-refractivity contribution is 6.34. The third kappa shape index (κ3) is 3.62. The largest absolute Gasteiger partial charge is 0.337 e. The van der Waals surface area contributed by atoms with Crippen molar-refractivity contribution in [3.05, 3.63) is 65.5 Å². The van der Waals surface area contributed by atoms with Gasteiger partial charge in [0.1, 0.15) is 0 Å². The average Bonchev–Trinajstić information content (AvgIpc) is 2.65. The van der Waals surface area contributed by atoms with Gasteiger partial charge in [0.05, 0.1) is 0 Å². The number of carbonyl (C=O) groups is 2. The van der Waals surface area contributed by atoms with E-state index in [2.05, 4.69) is 11.1 Å². The fourth-order valence-corrected chi connectivity index (χ4v) is 2.92. The van der Waals surface area contributed by atoms with Gasteiger partial charge in [-0.2, -0.15) is 0 Å². The number of amides is 2. The number of rotatable bonds is 3. The Morgan fingerprint density at radius 2 is 1.83 bits per heavy atom. The lowest BCUT2D eigenvalue weighted by atomic mass is 10.00. The SMILES string of the molecule is CN(CCc1ccncc1)C(=O)C(=O)N1CCc2ccccc2C1. The second-order valence-electron chi connectivity index (χ2n) is 6.08. The standard InChI is InChI=1S/C19H21N3O2/c1-21(12-8-15-6-10-20-11-7-15)18(23)19(24)22-13-9-16-4-2-3-5-17(16)14-22/h2-7,10-11H,8-9,12-14H2,1H3. The molecule has 2 aromatic rings. The van der Waals surface area contributed by atoms with E-state index in [0.29, 0.717) is 26.1 Å². The summed E-state index contributed by atoms with van der Waals surface area (Å²) in [6, 6.07) is 11.9. The topological polar surface area (TPSA) is 53.5 Å². The molecule has 5 heteroatoms. The van der Waals surface area contributed by atoms with E-state index < -0.39 is 11.8 Å². The number of aromatic nitrogens is 1. The van der Waals surface area contributed by atoms with Crippen LogP contribution in [-0.2, 0) is 29.0 Å². The first-order chi connectivity index (χ1) is 11.6. The molecule has 124 valence electrons. The molecule has 1 aliphatic heterocycles. The predicted molar refractivity (Wildman–Crippen MR) is 91.1 cm³/mol. The highest BCUT2D eigenvalue weighted by atomic mass is 16.2. The number of carbonyl (C=O) groups excluding carboxylic acids is 2. The Morgan fingerprint density at radius 3 is 2.58 bits per heavy atom. The van der Waals surface area contributed by atoms with E-state index in [1.54, 1.807) is 24.3 Å². The van der Waals surface area contributed by atoms with Crippen molar-refractivity contribution in [1.29, 1.82) is 0 Å². The van der Waals surface area contributed by atoms with Crippen LogP contribution in [0.2, 0.25) is 0 Å². The molecule has 0 aliphatic carbocycles. The molecule has 0 N–H and O–H groups in total. The molecule has 1 aromatic heterocycles. The van der Waals surface area contributed by atoms with Gasteiger partial charge in [-0.25, -0.2) is 0 Å². The first-order valence-electron chi connectivity index (χ1n) is 8.15. The molecule has 0 spiro atoms. The molecule has 24 heavy (non-hydrogen) atoms. The molecule has 2 amide bonds. The third-order valence-corrected chi connectivity index (χ3v) is 4.43. The maximum Gasteiger partial charge on any atom is 0.312 e. The van der Waals surface area contributed by atoms with E-state index >= 15 is 0 Å². The molecule has 0 bridgehead atoms. The highest BCUT2D eigenvalue weighted by Gasteiger charge is 2.27. The van der Waals surface area contributed by atoms with Crippen LogP contribution < -0.4 is 0 Å². The Morgan fingerprint density at radius 1 is 1.12 bits per heavy atom. The second kappa shape index (κ2) is 7.25. The minimum atomic E-state index is -0.441. The van der Waals surface area contributed by atoms with Crippen LogP contribution in [0.15, 0.2) is 48.8 Å². The smallest absolute Gasteiger partial charge is 0.312 e. The van der Waals surface area contributed by atoms with E-state index in [1.165, 1.54) is 10.5 Å². The number of pyridine rings is 1. The number of likely N-dealkylation sites (N-methyl/N-ethyl adjacent to an activating group) is 1. The van der Waals surface area contributed by atoms with Crippen LogP contribution in [0.1, 0.15) is 16.7 Å². The van der Waals surface area contributed by atoms with Crippen LogP contribution >= 0.6 is 0 Å². The van der Waals surface area contributed by atoms with Crippen molar-refractivity contribution in [3.63, 3.8) is 0 Å². The molecular formula is C19H21N3O2. The Kier molecular flexibility index (Phi) is 4.89. The summed E-state index contributed by atoms with van der Waals surface area (Å²) in [7, 11) is 1.68. The van der Waals surface area contributed by atoms with Gasteiger partial charge in [-0.1, -0.05) is 24.3 Å². The van der Waals surface area contributed by atoms with Crippen LogP contribution in [0.5, 0.6) is 0 Å². The first kappa shape index (κ1) is 16.2. The van der Waals surface area contributed by atoms with Gasteiger partial charge >= 0.3 is 11.8 Å². The van der Waals surface area contributed by atoms with Crippen molar-refractivity contribution in [3.8, 4) is 0 Å². The quantitative estimate of drug-likeness (QED) is 0.808. The molecule has 0 saturated heterocycles. The summed E-state index contributed by atoms with van der Waals surface area (Å²) in [5.74, 6) is -0.856. The van der Waals surface area contributed by atoms with Gasteiger partial charge in [0.2, 0.25) is 0 Å². The van der Waals surface area contributed by atoms with E-state index in [4.69, 9.17) is 0 Å². The van der Waals surface area contributed by atoms with E-state index in [0.717, 1.165) is 17.5 Å². The van der Waals surface area contributed by atoms with Crippen molar-refractivity contribution in [2.45, 2.75) is 19.4 Å². The van der Waals surface area contributed by atoms with E-state index in [9.17, 15) is 9.59 Å². The Labute approximate surface area is 141 Å². The van der Waals surface area contributed by atoms with Gasteiger partial charge in [-0.15, -0.1) is 0 Å². The fourth-order valence-electron chi connectivity index (χ4n) is 2.92. The zero-order chi connectivity index (χ0) is 16.9. The summed E-state index contributed by atoms with van der Waals surface area (Å²) >= 11 is 0. The van der Waals surface area contributed by atoms with Crippen molar-refractivity contribution in [1.82, 2.24) is 14.8 Å². The molecule has 0 radical (unpaired) electrons. The first-order valence-corrected chi connectivity index (χ1v) is 8.15. The molecule has 0 atom stereocenters. The highest BCUT2D eigenvalue weighted by Crippen LogP contribution is 2.18. The molecule has 0 fully saturated rings. The Balaban J connectivity index is 1.57. The molecule has 0 unspecified atom stereocenters. The van der Waals surface area contributed by atoms with Crippen LogP contribution in [0.3, 0.4) is 0 Å². The summed E-state index contributed by atoms with van der Waals surface area (Å²) in [4.78, 5) is 32.0. The number of nitrogens with zero attached hydrogens (tertiary/aromatic N) is 3.